The molecule has 0 radical (unpaired) electrons. The molecule has 0 saturated carbocycles. The van der Waals surface area contributed by atoms with Crippen LogP contribution in [0.1, 0.15) is 109 Å². The molecule has 0 aliphatic heterocycles. The first-order valence-corrected chi connectivity index (χ1v) is 14.0. The normalized spacial score (nSPS) is 17.1. The van der Waals surface area contributed by atoms with Crippen LogP contribution in [0.4, 0.5) is 9.59 Å². The molecular weight excluding hydrogens is 468 g/mol. The second-order valence-corrected chi connectivity index (χ2v) is 10.1. The van der Waals surface area contributed by atoms with Gasteiger partial charge in [-0.2, -0.15) is 0 Å². The Balaban J connectivity index is 2.57. The zero-order valence-corrected chi connectivity index (χ0v) is 23.5. The number of unbranched alkanes of at least 4 members (excludes halogenated alkanes) is 4. The summed E-state index contributed by atoms with van der Waals surface area (Å²) in [4.78, 5) is 25.3. The predicted octanol–water partition coefficient (Wildman–Crippen LogP) is 9.07. The van der Waals surface area contributed by atoms with Crippen LogP contribution < -0.4 is 9.47 Å². The standard InChI is InChI=1S/C31H46O6/c1-7-10-13-14-24-20-27(36-30(32)34-17-11-8-2)29(26-19-23(6)15-16-25(26)22(4)5)28(21-24)37-31(33)35-18-12-9-3/h19-21,25-26H,4,7-18H2,1-3,5-6H3/t25-,26+/m0/s1. The second-order valence-electron chi connectivity index (χ2n) is 10.1. The maximum Gasteiger partial charge on any atom is 0.513 e. The van der Waals surface area contributed by atoms with E-state index < -0.39 is 12.3 Å². The van der Waals surface area contributed by atoms with Gasteiger partial charge in [0.15, 0.2) is 0 Å². The molecule has 1 aromatic carbocycles. The van der Waals surface area contributed by atoms with E-state index in [1.807, 2.05) is 32.9 Å². The van der Waals surface area contributed by atoms with Crippen LogP contribution in [-0.2, 0) is 15.9 Å². The lowest BCUT2D eigenvalue weighted by Crippen LogP contribution is -2.21. The van der Waals surface area contributed by atoms with Crippen LogP contribution in [0, 0.1) is 5.92 Å². The van der Waals surface area contributed by atoms with Gasteiger partial charge in [0.2, 0.25) is 0 Å². The van der Waals surface area contributed by atoms with E-state index in [0.717, 1.165) is 75.3 Å². The Hall–Kier alpha value is -2.76. The molecule has 1 aliphatic rings. The maximum atomic E-state index is 12.7. The van der Waals surface area contributed by atoms with Gasteiger partial charge in [-0.05, 0) is 76.0 Å². The molecule has 6 nitrogen and oxygen atoms in total. The Morgan fingerprint density at radius 2 is 1.43 bits per heavy atom. The lowest BCUT2D eigenvalue weighted by Gasteiger charge is -2.32. The van der Waals surface area contributed by atoms with Crippen molar-refractivity contribution in [1.29, 1.82) is 0 Å². The molecule has 2 rings (SSSR count). The van der Waals surface area contributed by atoms with Crippen molar-refractivity contribution in [2.75, 3.05) is 13.2 Å². The summed E-state index contributed by atoms with van der Waals surface area (Å²) in [6.45, 7) is 15.2. The fourth-order valence-electron chi connectivity index (χ4n) is 4.62. The van der Waals surface area contributed by atoms with Gasteiger partial charge in [-0.15, -0.1) is 0 Å². The summed E-state index contributed by atoms with van der Waals surface area (Å²) >= 11 is 0. The smallest absolute Gasteiger partial charge is 0.434 e. The molecule has 0 bridgehead atoms. The van der Waals surface area contributed by atoms with Crippen LogP contribution in [0.15, 0.2) is 35.9 Å². The van der Waals surface area contributed by atoms with Crippen molar-refractivity contribution < 1.29 is 28.5 Å². The van der Waals surface area contributed by atoms with Crippen LogP contribution >= 0.6 is 0 Å². The molecule has 0 aromatic heterocycles. The number of hydrogen-bond donors (Lipinski definition) is 0. The highest BCUT2D eigenvalue weighted by atomic mass is 16.7. The van der Waals surface area contributed by atoms with Gasteiger partial charge in [-0.3, -0.25) is 0 Å². The van der Waals surface area contributed by atoms with Gasteiger partial charge in [0, 0.05) is 11.5 Å². The highest BCUT2D eigenvalue weighted by Crippen LogP contribution is 2.47. The number of carbonyl (C=O) groups excluding carboxylic acids is 2. The molecule has 37 heavy (non-hydrogen) atoms. The zero-order valence-electron chi connectivity index (χ0n) is 23.5. The molecule has 1 aliphatic carbocycles. The van der Waals surface area contributed by atoms with Crippen molar-refractivity contribution in [3.05, 3.63) is 47.1 Å². The van der Waals surface area contributed by atoms with Crippen molar-refractivity contribution >= 4 is 12.3 Å². The van der Waals surface area contributed by atoms with Crippen molar-refractivity contribution in [3.63, 3.8) is 0 Å². The Bertz CT molecular complexity index is 887. The molecule has 6 heteroatoms. The van der Waals surface area contributed by atoms with Gasteiger partial charge in [0.25, 0.3) is 0 Å². The number of carbonyl (C=O) groups is 2. The van der Waals surface area contributed by atoms with Crippen molar-refractivity contribution in [1.82, 2.24) is 0 Å². The third-order valence-electron chi connectivity index (χ3n) is 6.77. The fraction of sp³-hybridized carbons (Fsp3) is 0.613. The molecule has 0 unspecified atom stereocenters. The molecule has 1 aromatic rings. The zero-order chi connectivity index (χ0) is 27.2. The predicted molar refractivity (Wildman–Crippen MR) is 147 cm³/mol. The van der Waals surface area contributed by atoms with E-state index in [-0.39, 0.29) is 11.8 Å². The Labute approximate surface area is 223 Å². The summed E-state index contributed by atoms with van der Waals surface area (Å²) < 4.78 is 22.3. The minimum atomic E-state index is -0.750. The van der Waals surface area contributed by atoms with Gasteiger partial charge >= 0.3 is 12.3 Å². The number of allylic oxidation sites excluding steroid dienone is 3. The Morgan fingerprint density at radius 3 is 1.92 bits per heavy atom. The first-order valence-electron chi connectivity index (χ1n) is 14.0. The minimum Gasteiger partial charge on any atom is -0.434 e. The summed E-state index contributed by atoms with van der Waals surface area (Å²) in [7, 11) is 0. The first kappa shape index (κ1) is 30.5. The third-order valence-corrected chi connectivity index (χ3v) is 6.77. The van der Waals surface area contributed by atoms with E-state index in [1.54, 1.807) is 0 Å². The number of hydrogen-bond acceptors (Lipinski definition) is 6. The Morgan fingerprint density at radius 1 is 0.892 bits per heavy atom. The number of rotatable bonds is 14. The van der Waals surface area contributed by atoms with Crippen LogP contribution in [0.25, 0.3) is 0 Å². The van der Waals surface area contributed by atoms with Crippen molar-refractivity contribution in [3.8, 4) is 11.5 Å². The molecule has 0 saturated heterocycles. The lowest BCUT2D eigenvalue weighted by molar-refractivity contribution is 0.0954. The SMILES string of the molecule is C=C(C)[C@@H]1CCC(C)=C[C@H]1c1c(OC(=O)OCCCC)cc(CCCCC)cc1OC(=O)OCCCC. The van der Waals surface area contributed by atoms with Crippen LogP contribution in [-0.4, -0.2) is 25.5 Å². The van der Waals surface area contributed by atoms with Crippen molar-refractivity contribution in [2.45, 2.75) is 105 Å². The van der Waals surface area contributed by atoms with E-state index in [1.165, 1.54) is 5.57 Å². The first-order chi connectivity index (χ1) is 17.8. The molecule has 0 heterocycles. The molecule has 0 fully saturated rings. The van der Waals surface area contributed by atoms with E-state index >= 15 is 0 Å². The van der Waals surface area contributed by atoms with E-state index in [4.69, 9.17) is 18.9 Å². The van der Waals surface area contributed by atoms with E-state index in [9.17, 15) is 9.59 Å². The fourth-order valence-corrected chi connectivity index (χ4v) is 4.62. The second kappa shape index (κ2) is 16.2. The number of aryl methyl sites for hydroxylation is 1. The summed E-state index contributed by atoms with van der Waals surface area (Å²) in [5.74, 6) is 0.697. The van der Waals surface area contributed by atoms with Gasteiger partial charge < -0.3 is 18.9 Å². The van der Waals surface area contributed by atoms with Gasteiger partial charge in [-0.1, -0.05) is 70.3 Å². The monoisotopic (exact) mass is 514 g/mol. The van der Waals surface area contributed by atoms with Crippen LogP contribution in [0.3, 0.4) is 0 Å². The molecule has 2 atom stereocenters. The van der Waals surface area contributed by atoms with Gasteiger partial charge in [-0.25, -0.2) is 9.59 Å². The average Bonchev–Trinajstić information content (AvgIpc) is 2.84. The largest absolute Gasteiger partial charge is 0.513 e. The summed E-state index contributed by atoms with van der Waals surface area (Å²) in [6, 6.07) is 3.79. The summed E-state index contributed by atoms with van der Waals surface area (Å²) in [6.07, 6.45) is 9.84. The number of ether oxygens (including phenoxy) is 4. The Kier molecular flexibility index (Phi) is 13.3. The molecule has 206 valence electrons. The lowest BCUT2D eigenvalue weighted by atomic mass is 9.73. The van der Waals surface area contributed by atoms with Gasteiger partial charge in [0.1, 0.15) is 11.5 Å². The maximum absolute atomic E-state index is 12.7. The highest BCUT2D eigenvalue weighted by Gasteiger charge is 2.33. The topological polar surface area (TPSA) is 71.1 Å². The molecule has 0 amide bonds. The van der Waals surface area contributed by atoms with Crippen LogP contribution in [0.5, 0.6) is 11.5 Å². The third kappa shape index (κ3) is 9.90. The summed E-state index contributed by atoms with van der Waals surface area (Å²) in [5.41, 5.74) is 3.87. The van der Waals surface area contributed by atoms with E-state index in [2.05, 4.69) is 26.5 Å². The van der Waals surface area contributed by atoms with E-state index in [0.29, 0.717) is 30.3 Å². The summed E-state index contributed by atoms with van der Waals surface area (Å²) in [5, 5.41) is 0. The average molecular weight is 515 g/mol. The van der Waals surface area contributed by atoms with Crippen LogP contribution in [0.2, 0.25) is 0 Å². The molecule has 0 spiro atoms. The van der Waals surface area contributed by atoms with Gasteiger partial charge in [0.05, 0.1) is 13.2 Å². The highest BCUT2D eigenvalue weighted by molar-refractivity contribution is 5.69. The molecular formula is C31H46O6. The number of benzene rings is 1. The minimum absolute atomic E-state index is 0.117. The van der Waals surface area contributed by atoms with Crippen molar-refractivity contribution in [2.24, 2.45) is 5.92 Å². The quantitative estimate of drug-likeness (QED) is 0.107. The molecule has 0 N–H and O–H groups in total.